The van der Waals surface area contributed by atoms with Crippen LogP contribution in [0.4, 0.5) is 17.6 Å². The molecule has 2 saturated heterocycles. The van der Waals surface area contributed by atoms with Crippen LogP contribution in [0.25, 0.3) is 0 Å². The Morgan fingerprint density at radius 1 is 1.21 bits per heavy atom. The number of hydrogen-bond acceptors (Lipinski definition) is 3. The van der Waals surface area contributed by atoms with Crippen LogP contribution >= 0.6 is 0 Å². The molecule has 8 heteroatoms. The number of rotatable bonds is 2. The Kier molecular flexibility index (Phi) is 4.78. The smallest absolute Gasteiger partial charge is 0.334 e. The fourth-order valence-electron chi connectivity index (χ4n) is 3.39. The lowest BCUT2D eigenvalue weighted by Crippen LogP contribution is -2.48. The molecule has 3 unspecified atom stereocenters. The second kappa shape index (κ2) is 6.68. The molecule has 0 aliphatic carbocycles. The van der Waals surface area contributed by atoms with Gasteiger partial charge in [-0.1, -0.05) is 12.1 Å². The van der Waals surface area contributed by atoms with E-state index in [0.29, 0.717) is 18.5 Å². The van der Waals surface area contributed by atoms with E-state index in [1.807, 2.05) is 0 Å². The highest BCUT2D eigenvalue weighted by molar-refractivity contribution is 5.82. The van der Waals surface area contributed by atoms with E-state index < -0.39 is 18.3 Å². The number of benzene rings is 1. The summed E-state index contributed by atoms with van der Waals surface area (Å²) in [6.45, 7) is 0.467. The van der Waals surface area contributed by atoms with E-state index in [-0.39, 0.29) is 24.2 Å². The Hall–Kier alpha value is -1.67. The van der Waals surface area contributed by atoms with Gasteiger partial charge in [-0.25, -0.2) is 15.2 Å². The van der Waals surface area contributed by atoms with E-state index >= 15 is 0 Å². The predicted octanol–water partition coefficient (Wildman–Crippen LogP) is 2.68. The van der Waals surface area contributed by atoms with Crippen molar-refractivity contribution in [1.29, 1.82) is 0 Å². The van der Waals surface area contributed by atoms with Crippen molar-refractivity contribution in [3.8, 4) is 0 Å². The maximum Gasteiger partial charge on any atom is 0.405 e. The average molecular weight is 345 g/mol. The van der Waals surface area contributed by atoms with E-state index in [2.05, 4.69) is 10.9 Å². The monoisotopic (exact) mass is 345 g/mol. The minimum absolute atomic E-state index is 0.298. The van der Waals surface area contributed by atoms with E-state index in [0.717, 1.165) is 12.8 Å². The summed E-state index contributed by atoms with van der Waals surface area (Å²) < 4.78 is 51.8. The topological polar surface area (TPSA) is 44.4 Å². The number of piperidine rings is 1. The zero-order chi connectivity index (χ0) is 17.3. The number of hydrazine groups is 1. The normalized spacial score (nSPS) is 28.2. The molecule has 2 aliphatic heterocycles. The van der Waals surface area contributed by atoms with Crippen LogP contribution in [0.3, 0.4) is 0 Å². The molecule has 2 heterocycles. The summed E-state index contributed by atoms with van der Waals surface area (Å²) in [4.78, 5) is 14.3. The lowest BCUT2D eigenvalue weighted by atomic mass is 9.94. The van der Waals surface area contributed by atoms with E-state index in [9.17, 15) is 22.4 Å². The maximum atomic E-state index is 13.5. The van der Waals surface area contributed by atoms with Gasteiger partial charge in [0.25, 0.3) is 0 Å². The minimum Gasteiger partial charge on any atom is -0.334 e. The van der Waals surface area contributed by atoms with Gasteiger partial charge in [-0.3, -0.25) is 4.79 Å². The summed E-state index contributed by atoms with van der Waals surface area (Å²) in [6, 6.07) is 3.09. The molecule has 2 N–H and O–H groups in total. The highest BCUT2D eigenvalue weighted by Gasteiger charge is 2.47. The lowest BCUT2D eigenvalue weighted by Gasteiger charge is -2.37. The molecule has 0 bridgehead atoms. The van der Waals surface area contributed by atoms with Crippen LogP contribution < -0.4 is 10.9 Å². The zero-order valence-corrected chi connectivity index (χ0v) is 12.9. The standard InChI is InChI=1S/C16H19F4N3O/c17-11-5-3-4-10(8-11)13-6-1-2-7-23(13)15(24)12-9-14(22-21-12)16(18,19)20/h3-5,8,12-14,21-22H,1-2,6-7,9H2. The van der Waals surface area contributed by atoms with E-state index in [1.54, 1.807) is 17.0 Å². The molecular formula is C16H19F4N3O. The fraction of sp³-hybridized carbons (Fsp3) is 0.562. The first-order valence-electron chi connectivity index (χ1n) is 8.00. The first kappa shape index (κ1) is 17.2. The van der Waals surface area contributed by atoms with Gasteiger partial charge in [-0.05, 0) is 43.4 Å². The second-order valence-corrected chi connectivity index (χ2v) is 6.27. The first-order chi connectivity index (χ1) is 11.4. The molecule has 4 nitrogen and oxygen atoms in total. The second-order valence-electron chi connectivity index (χ2n) is 6.27. The maximum absolute atomic E-state index is 13.5. The molecule has 132 valence electrons. The van der Waals surface area contributed by atoms with Gasteiger partial charge in [0.15, 0.2) is 0 Å². The number of halogens is 4. The summed E-state index contributed by atoms with van der Waals surface area (Å²) in [5, 5.41) is 0. The number of alkyl halides is 3. The van der Waals surface area contributed by atoms with Gasteiger partial charge >= 0.3 is 6.18 Å². The molecular weight excluding hydrogens is 326 g/mol. The van der Waals surface area contributed by atoms with Crippen LogP contribution in [0.1, 0.15) is 37.3 Å². The van der Waals surface area contributed by atoms with Gasteiger partial charge in [0, 0.05) is 6.54 Å². The third-order valence-corrected chi connectivity index (χ3v) is 4.62. The number of nitrogens with zero attached hydrogens (tertiary/aromatic N) is 1. The minimum atomic E-state index is -4.40. The molecule has 24 heavy (non-hydrogen) atoms. The largest absolute Gasteiger partial charge is 0.405 e. The van der Waals surface area contributed by atoms with Crippen LogP contribution in [0.2, 0.25) is 0 Å². The fourth-order valence-corrected chi connectivity index (χ4v) is 3.39. The average Bonchev–Trinajstić information content (AvgIpc) is 3.04. The van der Waals surface area contributed by atoms with Gasteiger partial charge in [0.1, 0.15) is 17.9 Å². The van der Waals surface area contributed by atoms with E-state index in [4.69, 9.17) is 0 Å². The molecule has 3 atom stereocenters. The first-order valence-corrected chi connectivity index (χ1v) is 8.00. The number of hydrogen-bond donors (Lipinski definition) is 2. The number of carbonyl (C=O) groups is 1. The lowest BCUT2D eigenvalue weighted by molar-refractivity contribution is -0.153. The van der Waals surface area contributed by atoms with Crippen molar-refractivity contribution in [3.05, 3.63) is 35.6 Å². The Balaban J connectivity index is 1.75. The third kappa shape index (κ3) is 3.54. The number of carbonyl (C=O) groups excluding carboxylic acids is 1. The summed E-state index contributed by atoms with van der Waals surface area (Å²) in [5.41, 5.74) is 5.29. The SMILES string of the molecule is O=C(C1CC(C(F)(F)F)NN1)N1CCCCC1c1cccc(F)c1. The summed E-state index contributed by atoms with van der Waals surface area (Å²) in [5.74, 6) is -0.758. The molecule has 1 aromatic carbocycles. The highest BCUT2D eigenvalue weighted by Crippen LogP contribution is 2.33. The number of likely N-dealkylation sites (tertiary alicyclic amines) is 1. The van der Waals surface area contributed by atoms with Crippen molar-refractivity contribution < 1.29 is 22.4 Å². The van der Waals surface area contributed by atoms with Crippen molar-refractivity contribution in [2.45, 2.75) is 50.0 Å². The van der Waals surface area contributed by atoms with Gasteiger partial charge in [0.05, 0.1) is 6.04 Å². The quantitative estimate of drug-likeness (QED) is 0.810. The molecule has 0 aromatic heterocycles. The number of nitrogens with one attached hydrogen (secondary N) is 2. The van der Waals surface area contributed by atoms with Crippen molar-refractivity contribution in [2.75, 3.05) is 6.54 Å². The van der Waals surface area contributed by atoms with Crippen molar-refractivity contribution in [3.63, 3.8) is 0 Å². The molecule has 0 radical (unpaired) electrons. The molecule has 2 fully saturated rings. The van der Waals surface area contributed by atoms with Crippen LogP contribution in [0, 0.1) is 5.82 Å². The number of amides is 1. The molecule has 3 rings (SSSR count). The molecule has 0 spiro atoms. The van der Waals surface area contributed by atoms with Crippen molar-refractivity contribution in [2.24, 2.45) is 0 Å². The van der Waals surface area contributed by atoms with Gasteiger partial charge < -0.3 is 4.90 Å². The predicted molar refractivity (Wildman–Crippen MR) is 79.2 cm³/mol. The van der Waals surface area contributed by atoms with Crippen LogP contribution in [-0.4, -0.2) is 35.6 Å². The summed E-state index contributed by atoms with van der Waals surface area (Å²) >= 11 is 0. The van der Waals surface area contributed by atoms with Crippen molar-refractivity contribution >= 4 is 5.91 Å². The Bertz CT molecular complexity index is 607. The van der Waals surface area contributed by atoms with Gasteiger partial charge in [0.2, 0.25) is 5.91 Å². The summed E-state index contributed by atoms with van der Waals surface area (Å²) in [6.07, 6.45) is -2.37. The summed E-state index contributed by atoms with van der Waals surface area (Å²) in [7, 11) is 0. The Morgan fingerprint density at radius 3 is 2.67 bits per heavy atom. The van der Waals surface area contributed by atoms with Gasteiger partial charge in [-0.2, -0.15) is 13.2 Å². The Morgan fingerprint density at radius 2 is 2.00 bits per heavy atom. The molecule has 1 amide bonds. The van der Waals surface area contributed by atoms with Gasteiger partial charge in [-0.15, -0.1) is 0 Å². The van der Waals surface area contributed by atoms with Crippen LogP contribution in [0.15, 0.2) is 24.3 Å². The Labute approximate surface area is 137 Å². The van der Waals surface area contributed by atoms with Crippen molar-refractivity contribution in [1.82, 2.24) is 15.8 Å². The molecule has 1 aromatic rings. The van der Waals surface area contributed by atoms with Crippen LogP contribution in [-0.2, 0) is 4.79 Å². The van der Waals surface area contributed by atoms with E-state index in [1.165, 1.54) is 12.1 Å². The van der Waals surface area contributed by atoms with Crippen LogP contribution in [0.5, 0.6) is 0 Å². The highest BCUT2D eigenvalue weighted by atomic mass is 19.4. The zero-order valence-electron chi connectivity index (χ0n) is 12.9. The molecule has 2 aliphatic rings. The molecule has 0 saturated carbocycles. The third-order valence-electron chi connectivity index (χ3n) is 4.62.